The molecule has 0 spiro atoms. The molecule has 5 nitrogen and oxygen atoms in total. The van der Waals surface area contributed by atoms with E-state index < -0.39 is 0 Å². The number of hydrogen-bond donors (Lipinski definition) is 1. The maximum Gasteiger partial charge on any atom is 0.173 e. The van der Waals surface area contributed by atoms with Crippen LogP contribution in [0.25, 0.3) is 0 Å². The van der Waals surface area contributed by atoms with Gasteiger partial charge < -0.3 is 24.6 Å². The lowest BCUT2D eigenvalue weighted by Crippen LogP contribution is -2.48. The molecule has 1 aliphatic rings. The maximum absolute atomic E-state index is 5.95. The third kappa shape index (κ3) is 5.89. The van der Waals surface area contributed by atoms with Crippen LogP contribution in [0.3, 0.4) is 0 Å². The predicted octanol–water partition coefficient (Wildman–Crippen LogP) is 4.66. The SMILES string of the molecule is COc1ccc(CCN(C(=S)Nc2c(C)cccc2C)C2CCN(C)CC2)cc1OC. The molecule has 6 heteroatoms. The lowest BCUT2D eigenvalue weighted by molar-refractivity contribution is 0.178. The molecule has 0 unspecified atom stereocenters. The molecule has 2 aromatic carbocycles. The van der Waals surface area contributed by atoms with E-state index in [-0.39, 0.29) is 0 Å². The molecule has 1 fully saturated rings. The Bertz CT molecular complexity index is 874. The van der Waals surface area contributed by atoms with Crippen LogP contribution in [0.1, 0.15) is 29.5 Å². The summed E-state index contributed by atoms with van der Waals surface area (Å²) in [5.41, 5.74) is 4.76. The highest BCUT2D eigenvalue weighted by Crippen LogP contribution is 2.28. The average molecular weight is 442 g/mol. The summed E-state index contributed by atoms with van der Waals surface area (Å²) in [6.45, 7) is 7.32. The first-order chi connectivity index (χ1) is 14.9. The number of piperidine rings is 1. The van der Waals surface area contributed by atoms with E-state index in [2.05, 4.69) is 66.3 Å². The van der Waals surface area contributed by atoms with Gasteiger partial charge in [0.2, 0.25) is 0 Å². The quantitative estimate of drug-likeness (QED) is 0.630. The summed E-state index contributed by atoms with van der Waals surface area (Å²) in [6, 6.07) is 12.9. The zero-order valence-electron chi connectivity index (χ0n) is 19.4. The molecule has 3 rings (SSSR count). The van der Waals surface area contributed by atoms with Crippen molar-refractivity contribution >= 4 is 23.0 Å². The fraction of sp³-hybridized carbons (Fsp3) is 0.480. The number of benzene rings is 2. The monoisotopic (exact) mass is 441 g/mol. The van der Waals surface area contributed by atoms with E-state index in [4.69, 9.17) is 21.7 Å². The van der Waals surface area contributed by atoms with Gasteiger partial charge in [0.1, 0.15) is 0 Å². The van der Waals surface area contributed by atoms with Crippen LogP contribution in [0, 0.1) is 13.8 Å². The van der Waals surface area contributed by atoms with Crippen LogP contribution in [-0.2, 0) is 6.42 Å². The molecule has 0 saturated carbocycles. The number of aryl methyl sites for hydroxylation is 2. The minimum Gasteiger partial charge on any atom is -0.493 e. The first-order valence-corrected chi connectivity index (χ1v) is 11.4. The number of rotatable bonds is 7. The van der Waals surface area contributed by atoms with Crippen molar-refractivity contribution < 1.29 is 9.47 Å². The normalized spacial score (nSPS) is 14.9. The molecule has 1 saturated heterocycles. The predicted molar refractivity (Wildman–Crippen MR) is 133 cm³/mol. The number of nitrogens with zero attached hydrogens (tertiary/aromatic N) is 2. The number of anilines is 1. The Kier molecular flexibility index (Phi) is 8.15. The molecule has 1 N–H and O–H groups in total. The molecular weight excluding hydrogens is 406 g/mol. The van der Waals surface area contributed by atoms with E-state index in [0.717, 1.165) is 61.2 Å². The molecule has 0 radical (unpaired) electrons. The Morgan fingerprint density at radius 3 is 2.32 bits per heavy atom. The molecular formula is C25H35N3O2S. The van der Waals surface area contributed by atoms with E-state index in [1.54, 1.807) is 14.2 Å². The Morgan fingerprint density at radius 1 is 1.06 bits per heavy atom. The van der Waals surface area contributed by atoms with E-state index in [0.29, 0.717) is 6.04 Å². The van der Waals surface area contributed by atoms with Crippen LogP contribution in [-0.4, -0.2) is 61.9 Å². The lowest BCUT2D eigenvalue weighted by Gasteiger charge is -2.39. The smallest absolute Gasteiger partial charge is 0.173 e. The standard InChI is InChI=1S/C25H35N3O2S/c1-18-7-6-8-19(2)24(18)26-25(31)28(21-12-14-27(3)15-13-21)16-11-20-9-10-22(29-4)23(17-20)30-5/h6-10,17,21H,11-16H2,1-5H3,(H,26,31). The van der Waals surface area contributed by atoms with Crippen LogP contribution in [0.4, 0.5) is 5.69 Å². The van der Waals surface area contributed by atoms with Gasteiger partial charge in [-0.25, -0.2) is 0 Å². The van der Waals surface area contributed by atoms with Gasteiger partial charge in [-0.1, -0.05) is 24.3 Å². The maximum atomic E-state index is 5.95. The molecule has 168 valence electrons. The van der Waals surface area contributed by atoms with Crippen molar-refractivity contribution in [3.05, 3.63) is 53.1 Å². The van der Waals surface area contributed by atoms with E-state index in [1.165, 1.54) is 16.7 Å². The average Bonchev–Trinajstić information content (AvgIpc) is 2.77. The topological polar surface area (TPSA) is 37.0 Å². The van der Waals surface area contributed by atoms with Gasteiger partial charge in [-0.15, -0.1) is 0 Å². The van der Waals surface area contributed by atoms with Crippen molar-refractivity contribution in [1.82, 2.24) is 9.80 Å². The molecule has 0 bridgehead atoms. The summed E-state index contributed by atoms with van der Waals surface area (Å²) in [7, 11) is 5.53. The van der Waals surface area contributed by atoms with Gasteiger partial charge in [-0.05, 0) is 94.3 Å². The highest BCUT2D eigenvalue weighted by Gasteiger charge is 2.25. The Labute approximate surface area is 192 Å². The summed E-state index contributed by atoms with van der Waals surface area (Å²) >= 11 is 5.95. The minimum absolute atomic E-state index is 0.445. The zero-order chi connectivity index (χ0) is 22.4. The number of hydrogen-bond acceptors (Lipinski definition) is 4. The number of methoxy groups -OCH3 is 2. The molecule has 31 heavy (non-hydrogen) atoms. The van der Waals surface area contributed by atoms with Gasteiger partial charge in [0.05, 0.1) is 14.2 Å². The van der Waals surface area contributed by atoms with Crippen LogP contribution in [0.5, 0.6) is 11.5 Å². The third-order valence-electron chi connectivity index (χ3n) is 6.19. The lowest BCUT2D eigenvalue weighted by atomic mass is 10.0. The minimum atomic E-state index is 0.445. The van der Waals surface area contributed by atoms with Crippen LogP contribution >= 0.6 is 12.2 Å². The first kappa shape index (κ1) is 23.4. The number of nitrogens with one attached hydrogen (secondary N) is 1. The van der Waals surface area contributed by atoms with Gasteiger partial charge in [-0.3, -0.25) is 0 Å². The number of para-hydroxylation sites is 1. The molecule has 0 atom stereocenters. The Balaban J connectivity index is 1.77. The second-order valence-electron chi connectivity index (χ2n) is 8.36. The summed E-state index contributed by atoms with van der Waals surface area (Å²) in [4.78, 5) is 4.79. The highest BCUT2D eigenvalue weighted by atomic mass is 32.1. The fourth-order valence-electron chi connectivity index (χ4n) is 4.23. The fourth-order valence-corrected chi connectivity index (χ4v) is 4.58. The Hall–Kier alpha value is -2.31. The summed E-state index contributed by atoms with van der Waals surface area (Å²) < 4.78 is 10.9. The summed E-state index contributed by atoms with van der Waals surface area (Å²) in [5.74, 6) is 1.52. The number of ether oxygens (including phenoxy) is 2. The molecule has 1 aliphatic heterocycles. The van der Waals surface area contributed by atoms with Crippen LogP contribution in [0.2, 0.25) is 0 Å². The summed E-state index contributed by atoms with van der Waals surface area (Å²) in [6.07, 6.45) is 3.13. The van der Waals surface area contributed by atoms with Gasteiger partial charge in [0.15, 0.2) is 16.6 Å². The summed E-state index contributed by atoms with van der Waals surface area (Å²) in [5, 5.41) is 4.38. The number of thiocarbonyl (C=S) groups is 1. The van der Waals surface area contributed by atoms with Crippen molar-refractivity contribution in [3.8, 4) is 11.5 Å². The van der Waals surface area contributed by atoms with Gasteiger partial charge in [0, 0.05) is 18.3 Å². The largest absolute Gasteiger partial charge is 0.493 e. The van der Waals surface area contributed by atoms with Crippen molar-refractivity contribution in [2.45, 2.75) is 39.2 Å². The molecule has 1 heterocycles. The first-order valence-electron chi connectivity index (χ1n) is 11.0. The second-order valence-corrected chi connectivity index (χ2v) is 8.75. The highest BCUT2D eigenvalue weighted by molar-refractivity contribution is 7.80. The third-order valence-corrected chi connectivity index (χ3v) is 6.53. The molecule has 2 aromatic rings. The van der Waals surface area contributed by atoms with Crippen molar-refractivity contribution in [2.24, 2.45) is 0 Å². The Morgan fingerprint density at radius 2 is 1.71 bits per heavy atom. The molecule has 0 aromatic heterocycles. The molecule has 0 amide bonds. The van der Waals surface area contributed by atoms with Crippen molar-refractivity contribution in [3.63, 3.8) is 0 Å². The van der Waals surface area contributed by atoms with Gasteiger partial charge in [0.25, 0.3) is 0 Å². The zero-order valence-corrected chi connectivity index (χ0v) is 20.2. The molecule has 0 aliphatic carbocycles. The number of likely N-dealkylation sites (tertiary alicyclic amines) is 1. The van der Waals surface area contributed by atoms with Crippen molar-refractivity contribution in [2.75, 3.05) is 46.2 Å². The van der Waals surface area contributed by atoms with Gasteiger partial charge >= 0.3 is 0 Å². The second kappa shape index (κ2) is 10.8. The van der Waals surface area contributed by atoms with Crippen LogP contribution < -0.4 is 14.8 Å². The van der Waals surface area contributed by atoms with E-state index in [9.17, 15) is 0 Å². The van der Waals surface area contributed by atoms with Crippen molar-refractivity contribution in [1.29, 1.82) is 0 Å². The van der Waals surface area contributed by atoms with Crippen LogP contribution in [0.15, 0.2) is 36.4 Å². The van der Waals surface area contributed by atoms with E-state index >= 15 is 0 Å². The van der Waals surface area contributed by atoms with Gasteiger partial charge in [-0.2, -0.15) is 0 Å². The van der Waals surface area contributed by atoms with E-state index in [1.807, 2.05) is 6.07 Å².